The van der Waals surface area contributed by atoms with E-state index in [0.717, 1.165) is 16.6 Å². The van der Waals surface area contributed by atoms with Crippen molar-refractivity contribution in [2.45, 2.75) is 6.42 Å². The molecule has 0 spiro atoms. The molecule has 0 bridgehead atoms. The van der Waals surface area contributed by atoms with Gasteiger partial charge in [-0.3, -0.25) is 14.6 Å². The van der Waals surface area contributed by atoms with Crippen LogP contribution in [0.25, 0.3) is 10.9 Å². The molecule has 5 nitrogen and oxygen atoms in total. The SMILES string of the molecule is COC(=O)C1CC(=O)N(c2ccc3ncccc3c2)C1. The van der Waals surface area contributed by atoms with Crippen molar-refractivity contribution in [3.63, 3.8) is 0 Å². The van der Waals surface area contributed by atoms with Gasteiger partial charge in [-0.1, -0.05) is 6.07 Å². The third-order valence-corrected chi connectivity index (χ3v) is 3.56. The smallest absolute Gasteiger partial charge is 0.311 e. The van der Waals surface area contributed by atoms with E-state index in [-0.39, 0.29) is 24.2 Å². The monoisotopic (exact) mass is 270 g/mol. The maximum absolute atomic E-state index is 12.0. The topological polar surface area (TPSA) is 59.5 Å². The number of methoxy groups -OCH3 is 1. The third-order valence-electron chi connectivity index (χ3n) is 3.56. The quantitative estimate of drug-likeness (QED) is 0.780. The number of carbonyl (C=O) groups excluding carboxylic acids is 2. The molecule has 0 N–H and O–H groups in total. The van der Waals surface area contributed by atoms with Gasteiger partial charge >= 0.3 is 5.97 Å². The van der Waals surface area contributed by atoms with Crippen LogP contribution in [0.5, 0.6) is 0 Å². The number of fused-ring (bicyclic) bond motifs is 1. The largest absolute Gasteiger partial charge is 0.469 e. The van der Waals surface area contributed by atoms with E-state index in [2.05, 4.69) is 4.98 Å². The molecular weight excluding hydrogens is 256 g/mol. The van der Waals surface area contributed by atoms with Crippen molar-refractivity contribution < 1.29 is 14.3 Å². The number of hydrogen-bond acceptors (Lipinski definition) is 4. The normalized spacial score (nSPS) is 18.6. The van der Waals surface area contributed by atoms with E-state index in [0.29, 0.717) is 6.54 Å². The predicted octanol–water partition coefficient (Wildman–Crippen LogP) is 1.76. The summed E-state index contributed by atoms with van der Waals surface area (Å²) in [5.74, 6) is -0.760. The molecule has 1 aliphatic heterocycles. The Kier molecular flexibility index (Phi) is 3.10. The van der Waals surface area contributed by atoms with E-state index in [1.165, 1.54) is 7.11 Å². The van der Waals surface area contributed by atoms with E-state index in [9.17, 15) is 9.59 Å². The van der Waals surface area contributed by atoms with Crippen LogP contribution in [0.1, 0.15) is 6.42 Å². The van der Waals surface area contributed by atoms with Gasteiger partial charge in [-0.25, -0.2) is 0 Å². The van der Waals surface area contributed by atoms with Gasteiger partial charge in [0.25, 0.3) is 0 Å². The van der Waals surface area contributed by atoms with Gasteiger partial charge in [-0.05, 0) is 24.3 Å². The molecular formula is C15H14N2O3. The maximum Gasteiger partial charge on any atom is 0.311 e. The molecule has 1 aromatic carbocycles. The fraction of sp³-hybridized carbons (Fsp3) is 0.267. The molecule has 20 heavy (non-hydrogen) atoms. The van der Waals surface area contributed by atoms with Gasteiger partial charge in [-0.2, -0.15) is 0 Å². The first kappa shape index (κ1) is 12.6. The Bertz CT molecular complexity index is 684. The number of aromatic nitrogens is 1. The first-order valence-corrected chi connectivity index (χ1v) is 6.42. The van der Waals surface area contributed by atoms with E-state index in [4.69, 9.17) is 4.74 Å². The van der Waals surface area contributed by atoms with Crippen LogP contribution >= 0.6 is 0 Å². The van der Waals surface area contributed by atoms with Gasteiger partial charge < -0.3 is 9.64 Å². The molecule has 5 heteroatoms. The number of ether oxygens (including phenoxy) is 1. The average Bonchev–Trinajstić information content (AvgIpc) is 2.88. The number of benzene rings is 1. The Balaban J connectivity index is 1.91. The van der Waals surface area contributed by atoms with Gasteiger partial charge in [0.2, 0.25) is 5.91 Å². The van der Waals surface area contributed by atoms with Crippen LogP contribution in [0.15, 0.2) is 36.5 Å². The van der Waals surface area contributed by atoms with Crippen molar-refractivity contribution in [2.75, 3.05) is 18.6 Å². The number of anilines is 1. The molecule has 2 heterocycles. The van der Waals surface area contributed by atoms with Crippen molar-refractivity contribution in [1.29, 1.82) is 0 Å². The number of amides is 1. The molecule has 0 radical (unpaired) electrons. The van der Waals surface area contributed by atoms with E-state index >= 15 is 0 Å². The highest BCUT2D eigenvalue weighted by Crippen LogP contribution is 2.28. The number of carbonyl (C=O) groups is 2. The molecule has 1 aliphatic rings. The second kappa shape index (κ2) is 4.92. The zero-order valence-corrected chi connectivity index (χ0v) is 11.1. The van der Waals surface area contributed by atoms with Gasteiger partial charge in [-0.15, -0.1) is 0 Å². The summed E-state index contributed by atoms with van der Waals surface area (Å²) in [5, 5.41) is 0.972. The maximum atomic E-state index is 12.0. The molecule has 3 rings (SSSR count). The second-order valence-electron chi connectivity index (χ2n) is 4.81. The summed E-state index contributed by atoms with van der Waals surface area (Å²) in [7, 11) is 1.34. The number of pyridine rings is 1. The molecule has 2 aromatic rings. The van der Waals surface area contributed by atoms with Crippen molar-refractivity contribution in [3.8, 4) is 0 Å². The molecule has 0 aliphatic carbocycles. The second-order valence-corrected chi connectivity index (χ2v) is 4.81. The van der Waals surface area contributed by atoms with Crippen molar-refractivity contribution in [3.05, 3.63) is 36.5 Å². The molecule has 102 valence electrons. The molecule has 1 atom stereocenters. The minimum absolute atomic E-state index is 0.0522. The molecule has 1 saturated heterocycles. The van der Waals surface area contributed by atoms with Crippen molar-refractivity contribution in [1.82, 2.24) is 4.98 Å². The Hall–Kier alpha value is -2.43. The number of rotatable bonds is 2. The summed E-state index contributed by atoms with van der Waals surface area (Å²) in [6, 6.07) is 9.45. The van der Waals surface area contributed by atoms with Crippen LogP contribution in [0.4, 0.5) is 5.69 Å². The van der Waals surface area contributed by atoms with Crippen LogP contribution in [0, 0.1) is 5.92 Å². The Labute approximate surface area is 116 Å². The Morgan fingerprint density at radius 2 is 2.25 bits per heavy atom. The van der Waals surface area contributed by atoms with Gasteiger partial charge in [0.05, 0.1) is 18.5 Å². The lowest BCUT2D eigenvalue weighted by molar-refractivity contribution is -0.145. The summed E-state index contributed by atoms with van der Waals surface area (Å²) in [6.45, 7) is 0.372. The van der Waals surface area contributed by atoms with Crippen LogP contribution in [-0.2, 0) is 14.3 Å². The summed E-state index contributed by atoms with van der Waals surface area (Å²) < 4.78 is 4.71. The minimum atomic E-state index is -0.378. The first-order chi connectivity index (χ1) is 9.69. The number of hydrogen-bond donors (Lipinski definition) is 0. The summed E-state index contributed by atoms with van der Waals surface area (Å²) in [5.41, 5.74) is 1.68. The predicted molar refractivity (Wildman–Crippen MR) is 74.2 cm³/mol. The molecule has 0 saturated carbocycles. The highest BCUT2D eigenvalue weighted by molar-refractivity contribution is 6.00. The highest BCUT2D eigenvalue weighted by Gasteiger charge is 2.35. The lowest BCUT2D eigenvalue weighted by Crippen LogP contribution is -2.26. The lowest BCUT2D eigenvalue weighted by Gasteiger charge is -2.16. The first-order valence-electron chi connectivity index (χ1n) is 6.42. The van der Waals surface area contributed by atoms with E-state index in [1.54, 1.807) is 11.1 Å². The number of nitrogens with zero attached hydrogens (tertiary/aromatic N) is 2. The van der Waals surface area contributed by atoms with Gasteiger partial charge in [0.15, 0.2) is 0 Å². The van der Waals surface area contributed by atoms with Crippen LogP contribution in [0.3, 0.4) is 0 Å². The summed E-state index contributed by atoms with van der Waals surface area (Å²) in [4.78, 5) is 29.5. The van der Waals surface area contributed by atoms with Crippen LogP contribution < -0.4 is 4.90 Å². The standard InChI is InChI=1S/C15H14N2O3/c1-20-15(19)11-8-14(18)17(9-11)12-4-5-13-10(7-12)3-2-6-16-13/h2-7,11H,8-9H2,1H3. The summed E-state index contributed by atoms with van der Waals surface area (Å²) in [6.07, 6.45) is 1.94. The molecule has 1 aromatic heterocycles. The Morgan fingerprint density at radius 3 is 3.05 bits per heavy atom. The van der Waals surface area contributed by atoms with Crippen molar-refractivity contribution in [2.24, 2.45) is 5.92 Å². The molecule has 1 amide bonds. The summed E-state index contributed by atoms with van der Waals surface area (Å²) >= 11 is 0. The highest BCUT2D eigenvalue weighted by atomic mass is 16.5. The zero-order chi connectivity index (χ0) is 14.1. The molecule has 1 fully saturated rings. The van der Waals surface area contributed by atoms with Gasteiger partial charge in [0, 0.05) is 30.2 Å². The zero-order valence-electron chi connectivity index (χ0n) is 11.1. The van der Waals surface area contributed by atoms with Crippen molar-refractivity contribution >= 4 is 28.5 Å². The lowest BCUT2D eigenvalue weighted by atomic mass is 10.1. The number of esters is 1. The van der Waals surface area contributed by atoms with E-state index < -0.39 is 0 Å². The molecule has 1 unspecified atom stereocenters. The van der Waals surface area contributed by atoms with Crippen LogP contribution in [0.2, 0.25) is 0 Å². The van der Waals surface area contributed by atoms with Crippen LogP contribution in [-0.4, -0.2) is 30.5 Å². The fourth-order valence-electron chi connectivity index (χ4n) is 2.51. The third kappa shape index (κ3) is 2.11. The average molecular weight is 270 g/mol. The Morgan fingerprint density at radius 1 is 1.40 bits per heavy atom. The van der Waals surface area contributed by atoms with Gasteiger partial charge in [0.1, 0.15) is 0 Å². The minimum Gasteiger partial charge on any atom is -0.469 e. The van der Waals surface area contributed by atoms with E-state index in [1.807, 2.05) is 30.3 Å². The fourth-order valence-corrected chi connectivity index (χ4v) is 2.51.